The monoisotopic (exact) mass is 381 g/mol. The highest BCUT2D eigenvalue weighted by Crippen LogP contribution is 2.30. The van der Waals surface area contributed by atoms with Crippen LogP contribution in [0.3, 0.4) is 0 Å². The minimum atomic E-state index is -3.44. The van der Waals surface area contributed by atoms with Gasteiger partial charge in [-0.1, -0.05) is 16.8 Å². The Balaban J connectivity index is 1.77. The number of rotatable bonds is 4. The lowest BCUT2D eigenvalue weighted by atomic mass is 10.2. The second-order valence-corrected chi connectivity index (χ2v) is 7.64. The Hall–Kier alpha value is -2.57. The summed E-state index contributed by atoms with van der Waals surface area (Å²) in [5, 5.41) is 18.2. The number of ether oxygens (including phenoxy) is 1. The van der Waals surface area contributed by atoms with Crippen LogP contribution in [0.4, 0.5) is 4.79 Å². The van der Waals surface area contributed by atoms with Crippen molar-refractivity contribution >= 4 is 27.5 Å². The van der Waals surface area contributed by atoms with Crippen molar-refractivity contribution in [3.05, 3.63) is 35.0 Å². The molecule has 1 aromatic carbocycles. The highest BCUT2D eigenvalue weighted by molar-refractivity contribution is 7.96. The number of halogens is 1. The fourth-order valence-corrected chi connectivity index (χ4v) is 3.50. The molecule has 1 aliphatic carbocycles. The number of hydrogen-bond donors (Lipinski definition) is 1. The van der Waals surface area contributed by atoms with Gasteiger partial charge in [0.25, 0.3) is 0 Å². The molecule has 1 aromatic heterocycles. The van der Waals surface area contributed by atoms with Gasteiger partial charge in [-0.2, -0.15) is 0 Å². The van der Waals surface area contributed by atoms with Gasteiger partial charge in [-0.05, 0) is 36.8 Å². The summed E-state index contributed by atoms with van der Waals surface area (Å²) in [6, 6.07) is 4.38. The third-order valence-corrected chi connectivity index (χ3v) is 4.99. The summed E-state index contributed by atoms with van der Waals surface area (Å²) >= 11 is 6.09. The maximum atomic E-state index is 11.8. The van der Waals surface area contributed by atoms with E-state index in [9.17, 15) is 13.2 Å². The van der Waals surface area contributed by atoms with E-state index >= 15 is 0 Å². The number of aromatic nitrogens is 3. The topological polar surface area (TPSA) is 111 Å². The second-order valence-electron chi connectivity index (χ2n) is 5.46. The minimum absolute atomic E-state index is 0.0744. The molecule has 0 aliphatic heterocycles. The van der Waals surface area contributed by atoms with Gasteiger partial charge in [0.2, 0.25) is 15.7 Å². The van der Waals surface area contributed by atoms with Crippen LogP contribution < -0.4 is 4.74 Å². The Kier molecular flexibility index (Phi) is 4.65. The van der Waals surface area contributed by atoms with Crippen LogP contribution in [-0.2, 0) is 9.84 Å². The van der Waals surface area contributed by atoms with Crippen LogP contribution in [-0.4, -0.2) is 40.4 Å². The summed E-state index contributed by atoms with van der Waals surface area (Å²) in [6.07, 6.45) is 1.65. The molecule has 0 radical (unpaired) electrons. The maximum Gasteiger partial charge on any atom is 0.436 e. The Morgan fingerprint density at radius 2 is 2.20 bits per heavy atom. The van der Waals surface area contributed by atoms with Crippen molar-refractivity contribution in [2.75, 3.05) is 5.75 Å². The third kappa shape index (κ3) is 4.49. The zero-order valence-electron chi connectivity index (χ0n) is 12.7. The fraction of sp³-hybridized carbons (Fsp3) is 0.267. The summed E-state index contributed by atoms with van der Waals surface area (Å²) < 4.78 is 29.6. The van der Waals surface area contributed by atoms with E-state index in [4.69, 9.17) is 21.4 Å². The van der Waals surface area contributed by atoms with Gasteiger partial charge in [0.15, 0.2) is 0 Å². The van der Waals surface area contributed by atoms with E-state index < -0.39 is 15.9 Å². The number of carbonyl (C=O) groups is 1. The van der Waals surface area contributed by atoms with Crippen molar-refractivity contribution < 1.29 is 23.1 Å². The molecule has 0 saturated heterocycles. The van der Waals surface area contributed by atoms with Crippen molar-refractivity contribution in [1.29, 1.82) is 0 Å². The molecule has 0 spiro atoms. The summed E-state index contributed by atoms with van der Waals surface area (Å²) in [7, 11) is -3.44. The van der Waals surface area contributed by atoms with E-state index in [0.717, 1.165) is 19.0 Å². The molecule has 0 amide bonds. The number of carboxylic acid groups (broad SMARTS) is 1. The Labute approximate surface area is 148 Å². The van der Waals surface area contributed by atoms with Crippen LogP contribution in [0.15, 0.2) is 24.4 Å². The first-order chi connectivity index (χ1) is 11.8. The summed E-state index contributed by atoms with van der Waals surface area (Å²) in [5.41, 5.74) is 0.332. The molecule has 0 unspecified atom stereocenters. The van der Waals surface area contributed by atoms with Gasteiger partial charge in [-0.3, -0.25) is 0 Å². The molecule has 3 rings (SSSR count). The molecule has 1 saturated carbocycles. The van der Waals surface area contributed by atoms with Crippen molar-refractivity contribution in [1.82, 2.24) is 15.0 Å². The Morgan fingerprint density at radius 3 is 2.84 bits per heavy atom. The van der Waals surface area contributed by atoms with Gasteiger partial charge < -0.3 is 9.84 Å². The zero-order valence-corrected chi connectivity index (χ0v) is 14.3. The lowest BCUT2D eigenvalue weighted by Crippen LogP contribution is -2.11. The largest absolute Gasteiger partial charge is 0.463 e. The highest BCUT2D eigenvalue weighted by atomic mass is 35.5. The van der Waals surface area contributed by atoms with Crippen molar-refractivity contribution in [3.8, 4) is 22.8 Å². The smallest absolute Gasteiger partial charge is 0.436 e. The SMILES string of the molecule is O=C(O)n1nncc1Oc1ccc(C#CS(=O)(=O)CC2CC2)c(Cl)c1. The average Bonchev–Trinajstić information content (AvgIpc) is 3.20. The molecular weight excluding hydrogens is 370 g/mol. The third-order valence-electron chi connectivity index (χ3n) is 3.36. The van der Waals surface area contributed by atoms with Gasteiger partial charge in [-0.25, -0.2) is 13.2 Å². The maximum absolute atomic E-state index is 11.8. The van der Waals surface area contributed by atoms with Crippen LogP contribution >= 0.6 is 11.6 Å². The number of benzene rings is 1. The molecule has 0 atom stereocenters. The summed E-state index contributed by atoms with van der Waals surface area (Å²) in [5.74, 6) is 2.98. The standard InChI is InChI=1S/C15H12ClN3O5S/c16-13-7-12(24-14-8-17-18-19(14)15(20)21)4-3-11(13)5-6-25(22,23)9-10-1-2-10/h3-4,7-8,10H,1-2,9H2,(H,20,21). The molecule has 1 fully saturated rings. The molecular formula is C15H12ClN3O5S. The molecule has 1 aliphatic rings. The first-order valence-corrected chi connectivity index (χ1v) is 9.24. The van der Waals surface area contributed by atoms with Crippen molar-refractivity contribution in [2.24, 2.45) is 5.92 Å². The number of nitrogens with zero attached hydrogens (tertiary/aromatic N) is 3. The number of hydrogen-bond acceptors (Lipinski definition) is 6. The number of sulfone groups is 1. The molecule has 130 valence electrons. The molecule has 25 heavy (non-hydrogen) atoms. The van der Waals surface area contributed by atoms with Crippen LogP contribution in [0.5, 0.6) is 11.6 Å². The normalized spacial score (nSPS) is 13.8. The molecule has 1 N–H and O–H groups in total. The van der Waals surface area contributed by atoms with E-state index in [0.29, 0.717) is 10.2 Å². The predicted molar refractivity (Wildman–Crippen MR) is 88.4 cm³/mol. The molecule has 10 heteroatoms. The average molecular weight is 382 g/mol. The Bertz CT molecular complexity index is 986. The lowest BCUT2D eigenvalue weighted by molar-refractivity contribution is 0.189. The lowest BCUT2D eigenvalue weighted by Gasteiger charge is -2.05. The first-order valence-electron chi connectivity index (χ1n) is 7.21. The van der Waals surface area contributed by atoms with Crippen LogP contribution in [0.2, 0.25) is 5.02 Å². The zero-order chi connectivity index (χ0) is 18.0. The second kappa shape index (κ2) is 6.74. The summed E-state index contributed by atoms with van der Waals surface area (Å²) in [6.45, 7) is 0. The van der Waals surface area contributed by atoms with E-state index in [2.05, 4.69) is 21.5 Å². The van der Waals surface area contributed by atoms with Gasteiger partial charge >= 0.3 is 6.09 Å². The van der Waals surface area contributed by atoms with Gasteiger partial charge in [0.05, 0.1) is 10.8 Å². The highest BCUT2D eigenvalue weighted by Gasteiger charge is 2.26. The Morgan fingerprint density at radius 1 is 1.44 bits per heavy atom. The predicted octanol–water partition coefficient (Wildman–Crippen LogP) is 2.38. The quantitative estimate of drug-likeness (QED) is 0.809. The van der Waals surface area contributed by atoms with E-state index in [1.54, 1.807) is 0 Å². The minimum Gasteiger partial charge on any atom is -0.463 e. The van der Waals surface area contributed by atoms with Crippen LogP contribution in [0.1, 0.15) is 18.4 Å². The molecule has 8 nitrogen and oxygen atoms in total. The van der Waals surface area contributed by atoms with E-state index in [1.807, 2.05) is 0 Å². The van der Waals surface area contributed by atoms with Crippen molar-refractivity contribution in [2.45, 2.75) is 12.8 Å². The van der Waals surface area contributed by atoms with Crippen molar-refractivity contribution in [3.63, 3.8) is 0 Å². The van der Waals surface area contributed by atoms with E-state index in [1.165, 1.54) is 18.2 Å². The molecule has 0 bridgehead atoms. The van der Waals surface area contributed by atoms with Crippen LogP contribution in [0, 0.1) is 17.1 Å². The molecule has 1 heterocycles. The van der Waals surface area contributed by atoms with Gasteiger partial charge in [-0.15, -0.1) is 9.78 Å². The summed E-state index contributed by atoms with van der Waals surface area (Å²) in [4.78, 5) is 10.9. The van der Waals surface area contributed by atoms with E-state index in [-0.39, 0.29) is 28.3 Å². The van der Waals surface area contributed by atoms with Crippen LogP contribution in [0.25, 0.3) is 0 Å². The molecule has 2 aromatic rings. The fourth-order valence-electron chi connectivity index (χ4n) is 1.98. The van der Waals surface area contributed by atoms with Gasteiger partial charge in [0.1, 0.15) is 11.9 Å². The van der Waals surface area contributed by atoms with Gasteiger partial charge in [0, 0.05) is 16.9 Å². The first kappa shape index (κ1) is 17.3.